The molecular formula is C20H34N6O7. The summed E-state index contributed by atoms with van der Waals surface area (Å²) in [5, 5.41) is 14.2. The Morgan fingerprint density at radius 3 is 2.09 bits per heavy atom. The normalized spacial score (nSPS) is 18.3. The summed E-state index contributed by atoms with van der Waals surface area (Å²) in [6.07, 6.45) is 0.453. The van der Waals surface area contributed by atoms with Crippen LogP contribution >= 0.6 is 0 Å². The van der Waals surface area contributed by atoms with Crippen LogP contribution in [0.25, 0.3) is 0 Å². The van der Waals surface area contributed by atoms with E-state index in [1.165, 1.54) is 4.90 Å². The van der Waals surface area contributed by atoms with Gasteiger partial charge in [-0.3, -0.25) is 24.0 Å². The summed E-state index contributed by atoms with van der Waals surface area (Å²) < 4.78 is 0. The topological polar surface area (TPSA) is 228 Å². The number of primary amides is 2. The van der Waals surface area contributed by atoms with Gasteiger partial charge < -0.3 is 37.8 Å². The zero-order chi connectivity index (χ0) is 25.3. The first-order valence-electron chi connectivity index (χ1n) is 10.8. The SMILES string of the molecule is CC(C)C(NC(=O)C(CCC(N)=O)NC(=O)C1CCCN1C(=O)C(N)CCC(N)=O)C(=O)O. The molecule has 13 nitrogen and oxygen atoms in total. The summed E-state index contributed by atoms with van der Waals surface area (Å²) in [6, 6.07) is -4.34. The van der Waals surface area contributed by atoms with Crippen molar-refractivity contribution in [3.05, 3.63) is 0 Å². The fourth-order valence-electron chi connectivity index (χ4n) is 3.53. The molecule has 0 saturated carbocycles. The molecule has 33 heavy (non-hydrogen) atoms. The van der Waals surface area contributed by atoms with E-state index >= 15 is 0 Å². The van der Waals surface area contributed by atoms with Crippen molar-refractivity contribution in [2.45, 2.75) is 76.5 Å². The minimum Gasteiger partial charge on any atom is -0.480 e. The molecule has 186 valence electrons. The summed E-state index contributed by atoms with van der Waals surface area (Å²) in [7, 11) is 0. The van der Waals surface area contributed by atoms with Crippen molar-refractivity contribution >= 4 is 35.5 Å². The minimum atomic E-state index is -1.24. The zero-order valence-corrected chi connectivity index (χ0v) is 18.9. The average Bonchev–Trinajstić information content (AvgIpc) is 3.21. The van der Waals surface area contributed by atoms with Gasteiger partial charge in [0.1, 0.15) is 18.1 Å². The van der Waals surface area contributed by atoms with Gasteiger partial charge >= 0.3 is 5.97 Å². The van der Waals surface area contributed by atoms with Crippen LogP contribution in [0.3, 0.4) is 0 Å². The predicted molar refractivity (Wildman–Crippen MR) is 116 cm³/mol. The molecule has 4 unspecified atom stereocenters. The Bertz CT molecular complexity index is 772. The molecule has 1 saturated heterocycles. The van der Waals surface area contributed by atoms with E-state index in [1.54, 1.807) is 13.8 Å². The van der Waals surface area contributed by atoms with Gasteiger partial charge in [0, 0.05) is 19.4 Å². The number of carboxylic acid groups (broad SMARTS) is 1. The third-order valence-electron chi connectivity index (χ3n) is 5.40. The molecule has 9 N–H and O–H groups in total. The highest BCUT2D eigenvalue weighted by atomic mass is 16.4. The molecule has 0 bridgehead atoms. The van der Waals surface area contributed by atoms with Crippen molar-refractivity contribution in [1.29, 1.82) is 0 Å². The van der Waals surface area contributed by atoms with Gasteiger partial charge in [0.15, 0.2) is 0 Å². The summed E-state index contributed by atoms with van der Waals surface area (Å²) >= 11 is 0. The molecular weight excluding hydrogens is 436 g/mol. The second kappa shape index (κ2) is 12.7. The number of carbonyl (C=O) groups excluding carboxylic acids is 5. The van der Waals surface area contributed by atoms with E-state index in [2.05, 4.69) is 10.6 Å². The lowest BCUT2D eigenvalue weighted by molar-refractivity contribution is -0.144. The van der Waals surface area contributed by atoms with E-state index in [4.69, 9.17) is 17.2 Å². The molecule has 0 spiro atoms. The molecule has 0 aliphatic carbocycles. The van der Waals surface area contributed by atoms with Gasteiger partial charge in [0.2, 0.25) is 29.5 Å². The predicted octanol–water partition coefficient (Wildman–Crippen LogP) is -2.45. The van der Waals surface area contributed by atoms with Crippen molar-refractivity contribution < 1.29 is 33.9 Å². The fourth-order valence-corrected chi connectivity index (χ4v) is 3.53. The molecule has 4 atom stereocenters. The number of nitrogens with two attached hydrogens (primary N) is 3. The number of hydrogen-bond donors (Lipinski definition) is 6. The van der Waals surface area contributed by atoms with Gasteiger partial charge in [0.05, 0.1) is 6.04 Å². The summed E-state index contributed by atoms with van der Waals surface area (Å²) in [5.41, 5.74) is 16.1. The van der Waals surface area contributed by atoms with E-state index < -0.39 is 65.6 Å². The third-order valence-corrected chi connectivity index (χ3v) is 5.40. The maximum absolute atomic E-state index is 12.9. The number of carbonyl (C=O) groups is 6. The van der Waals surface area contributed by atoms with Crippen LogP contribution in [0.2, 0.25) is 0 Å². The van der Waals surface area contributed by atoms with Crippen molar-refractivity contribution in [3.8, 4) is 0 Å². The van der Waals surface area contributed by atoms with Crippen molar-refractivity contribution in [2.75, 3.05) is 6.54 Å². The van der Waals surface area contributed by atoms with Crippen LogP contribution in [0.15, 0.2) is 0 Å². The highest BCUT2D eigenvalue weighted by Crippen LogP contribution is 2.19. The Labute approximate surface area is 191 Å². The number of aliphatic carboxylic acids is 1. The molecule has 0 aromatic rings. The molecule has 5 amide bonds. The zero-order valence-electron chi connectivity index (χ0n) is 18.9. The Hall–Kier alpha value is -3.22. The number of nitrogens with zero attached hydrogens (tertiary/aromatic N) is 1. The largest absolute Gasteiger partial charge is 0.480 e. The van der Waals surface area contributed by atoms with Crippen LogP contribution in [0.4, 0.5) is 0 Å². The number of hydrogen-bond acceptors (Lipinski definition) is 7. The van der Waals surface area contributed by atoms with Crippen LogP contribution in [0.5, 0.6) is 0 Å². The fraction of sp³-hybridized carbons (Fsp3) is 0.700. The van der Waals surface area contributed by atoms with Gasteiger partial charge in [-0.15, -0.1) is 0 Å². The standard InChI is InChI=1S/C20H34N6O7/c1-10(2)16(20(32)33)25-17(29)12(6-8-15(23)28)24-18(30)13-4-3-9-26(13)19(31)11(21)5-7-14(22)27/h10-13,16H,3-9,21H2,1-2H3,(H2,22,27)(H2,23,28)(H,24,30)(H,25,29)(H,32,33). The molecule has 0 aromatic carbocycles. The molecule has 1 fully saturated rings. The molecule has 1 rings (SSSR count). The van der Waals surface area contributed by atoms with Gasteiger partial charge in [-0.1, -0.05) is 13.8 Å². The molecule has 13 heteroatoms. The van der Waals surface area contributed by atoms with Crippen LogP contribution in [-0.2, 0) is 28.8 Å². The number of carboxylic acids is 1. The van der Waals surface area contributed by atoms with Gasteiger partial charge in [-0.05, 0) is 31.6 Å². The van der Waals surface area contributed by atoms with E-state index in [0.717, 1.165) is 0 Å². The monoisotopic (exact) mass is 470 g/mol. The molecule has 1 heterocycles. The van der Waals surface area contributed by atoms with Crippen LogP contribution in [0, 0.1) is 5.92 Å². The Morgan fingerprint density at radius 2 is 1.58 bits per heavy atom. The first kappa shape index (κ1) is 27.8. The van der Waals surface area contributed by atoms with Gasteiger partial charge in [0.25, 0.3) is 0 Å². The first-order valence-corrected chi connectivity index (χ1v) is 10.8. The molecule has 0 aromatic heterocycles. The van der Waals surface area contributed by atoms with Gasteiger partial charge in [-0.2, -0.15) is 0 Å². The molecule has 0 radical (unpaired) electrons. The maximum Gasteiger partial charge on any atom is 0.326 e. The van der Waals surface area contributed by atoms with E-state index in [1.807, 2.05) is 0 Å². The molecule has 1 aliphatic rings. The van der Waals surface area contributed by atoms with Crippen LogP contribution < -0.4 is 27.8 Å². The van der Waals surface area contributed by atoms with Gasteiger partial charge in [-0.25, -0.2) is 4.79 Å². The lowest BCUT2D eigenvalue weighted by Gasteiger charge is -2.29. The summed E-state index contributed by atoms with van der Waals surface area (Å²) in [4.78, 5) is 73.2. The second-order valence-corrected chi connectivity index (χ2v) is 8.44. The van der Waals surface area contributed by atoms with Crippen LogP contribution in [-0.4, -0.2) is 76.2 Å². The highest BCUT2D eigenvalue weighted by molar-refractivity contribution is 5.94. The molecule has 1 aliphatic heterocycles. The van der Waals surface area contributed by atoms with E-state index in [0.29, 0.717) is 12.8 Å². The van der Waals surface area contributed by atoms with E-state index in [9.17, 15) is 33.9 Å². The number of nitrogens with one attached hydrogen (secondary N) is 2. The average molecular weight is 471 g/mol. The maximum atomic E-state index is 12.9. The number of likely N-dealkylation sites (tertiary alicyclic amines) is 1. The van der Waals surface area contributed by atoms with Crippen LogP contribution in [0.1, 0.15) is 52.4 Å². The summed E-state index contributed by atoms with van der Waals surface area (Å²) in [5.74, 6) is -4.89. The number of rotatable bonds is 13. The lowest BCUT2D eigenvalue weighted by atomic mass is 10.0. The van der Waals surface area contributed by atoms with Crippen molar-refractivity contribution in [2.24, 2.45) is 23.1 Å². The Balaban J connectivity index is 2.92. The highest BCUT2D eigenvalue weighted by Gasteiger charge is 2.38. The first-order chi connectivity index (χ1) is 15.3. The number of amides is 5. The third kappa shape index (κ3) is 8.67. The minimum absolute atomic E-state index is 0.0361. The van der Waals surface area contributed by atoms with Crippen molar-refractivity contribution in [1.82, 2.24) is 15.5 Å². The second-order valence-electron chi connectivity index (χ2n) is 8.44. The Morgan fingerprint density at radius 1 is 1.00 bits per heavy atom. The smallest absolute Gasteiger partial charge is 0.326 e. The van der Waals surface area contributed by atoms with E-state index in [-0.39, 0.29) is 32.2 Å². The lowest BCUT2D eigenvalue weighted by Crippen LogP contribution is -2.57. The Kier molecular flexibility index (Phi) is 10.7. The summed E-state index contributed by atoms with van der Waals surface area (Å²) in [6.45, 7) is 3.49. The quantitative estimate of drug-likeness (QED) is 0.169. The van der Waals surface area contributed by atoms with Crippen molar-refractivity contribution in [3.63, 3.8) is 0 Å².